The van der Waals surface area contributed by atoms with Gasteiger partial charge >= 0.3 is 6.80 Å². The molecule has 128 valence electrons. The maximum atomic E-state index is 13.2. The van der Waals surface area contributed by atoms with Crippen molar-refractivity contribution in [2.45, 2.75) is 11.7 Å². The van der Waals surface area contributed by atoms with Crippen LogP contribution in [0.1, 0.15) is 6.42 Å². The Kier molecular flexibility index (Phi) is 5.23. The van der Waals surface area contributed by atoms with Gasteiger partial charge in [0, 0.05) is 5.25 Å². The number of para-hydroxylation sites is 2. The van der Waals surface area contributed by atoms with Crippen molar-refractivity contribution in [3.63, 3.8) is 0 Å². The van der Waals surface area contributed by atoms with Gasteiger partial charge in [-0.2, -0.15) is 0 Å². The molecule has 0 aliphatic carbocycles. The van der Waals surface area contributed by atoms with E-state index in [0.717, 1.165) is 11.4 Å². The molecule has 5 nitrogen and oxygen atoms in total. The van der Waals surface area contributed by atoms with Crippen LogP contribution in [0.2, 0.25) is 0 Å². The van der Waals surface area contributed by atoms with E-state index < -0.39 is 16.6 Å². The quantitative estimate of drug-likeness (QED) is 0.696. The van der Waals surface area contributed by atoms with E-state index >= 15 is 0 Å². The number of hydrogen-bond donors (Lipinski definition) is 0. The molecule has 1 fully saturated rings. The maximum absolute atomic E-state index is 13.2. The number of benzene rings is 2. The summed E-state index contributed by atoms with van der Waals surface area (Å²) in [5, 5.41) is -0.298. The summed E-state index contributed by atoms with van der Waals surface area (Å²) in [4.78, 5) is 0. The van der Waals surface area contributed by atoms with Crippen molar-refractivity contribution >= 4 is 28.0 Å². The molecule has 1 saturated heterocycles. The Hall–Kier alpha value is -1.43. The molecular formula is C16H17O5PS2. The van der Waals surface area contributed by atoms with Crippen molar-refractivity contribution in [1.82, 2.24) is 0 Å². The molecule has 2 aromatic rings. The first-order valence-electron chi connectivity index (χ1n) is 7.42. The molecule has 0 radical (unpaired) electrons. The van der Waals surface area contributed by atoms with E-state index in [9.17, 15) is 13.0 Å². The van der Waals surface area contributed by atoms with Crippen LogP contribution >= 0.6 is 18.2 Å². The number of sulfone groups is 1. The lowest BCUT2D eigenvalue weighted by Crippen LogP contribution is -2.09. The fourth-order valence-electron chi connectivity index (χ4n) is 2.31. The Morgan fingerprint density at radius 2 is 1.42 bits per heavy atom. The summed E-state index contributed by atoms with van der Waals surface area (Å²) in [5.41, 5.74) is 0. The number of hydrogen-bond acceptors (Lipinski definition) is 6. The van der Waals surface area contributed by atoms with E-state index in [1.54, 1.807) is 48.5 Å². The smallest absolute Gasteiger partial charge is 0.408 e. The van der Waals surface area contributed by atoms with E-state index in [4.69, 9.17) is 9.05 Å². The molecule has 0 amide bonds. The summed E-state index contributed by atoms with van der Waals surface area (Å²) in [7, 11) is -3.07. The summed E-state index contributed by atoms with van der Waals surface area (Å²) in [6.45, 7) is -3.62. The van der Waals surface area contributed by atoms with Gasteiger partial charge in [0.15, 0.2) is 9.84 Å². The zero-order valence-electron chi connectivity index (χ0n) is 12.8. The molecule has 1 aliphatic heterocycles. The van der Waals surface area contributed by atoms with Crippen LogP contribution in [0, 0.1) is 0 Å². The van der Waals surface area contributed by atoms with Crippen molar-refractivity contribution in [2.75, 3.05) is 11.5 Å². The highest BCUT2D eigenvalue weighted by atomic mass is 32.7. The molecule has 24 heavy (non-hydrogen) atoms. The second kappa shape index (κ2) is 7.21. The van der Waals surface area contributed by atoms with Gasteiger partial charge < -0.3 is 9.05 Å². The molecule has 3 rings (SSSR count). The zero-order valence-corrected chi connectivity index (χ0v) is 15.3. The molecule has 1 heterocycles. The van der Waals surface area contributed by atoms with Crippen LogP contribution in [0.25, 0.3) is 0 Å². The van der Waals surface area contributed by atoms with E-state index in [1.807, 2.05) is 12.1 Å². The van der Waals surface area contributed by atoms with Crippen LogP contribution < -0.4 is 9.05 Å². The third-order valence-corrected chi connectivity index (χ3v) is 9.31. The lowest BCUT2D eigenvalue weighted by molar-refractivity contribution is 0.408. The predicted molar refractivity (Wildman–Crippen MR) is 96.4 cm³/mol. The summed E-state index contributed by atoms with van der Waals surface area (Å²) >= 11 is 0.979. The molecule has 0 spiro atoms. The molecule has 1 unspecified atom stereocenters. The molecule has 1 aliphatic rings. The van der Waals surface area contributed by atoms with Gasteiger partial charge in [0.05, 0.1) is 11.5 Å². The van der Waals surface area contributed by atoms with Crippen LogP contribution in [0.15, 0.2) is 60.7 Å². The Morgan fingerprint density at radius 3 is 1.83 bits per heavy atom. The molecule has 0 aromatic heterocycles. The SMILES string of the molecule is O=P(Oc1ccccc1)(Oc1ccccc1)SC1CCS(=O)(=O)C1. The third kappa shape index (κ3) is 4.79. The Labute approximate surface area is 145 Å². The second-order valence-corrected chi connectivity index (χ2v) is 11.7. The first-order valence-corrected chi connectivity index (χ1v) is 12.3. The summed E-state index contributed by atoms with van der Waals surface area (Å²) in [6.07, 6.45) is 0.452. The van der Waals surface area contributed by atoms with Crippen molar-refractivity contribution in [3.05, 3.63) is 60.7 Å². The van der Waals surface area contributed by atoms with Gasteiger partial charge in [0.2, 0.25) is 0 Å². The van der Waals surface area contributed by atoms with Crippen LogP contribution in [-0.2, 0) is 14.4 Å². The minimum absolute atomic E-state index is 0.00203. The molecular weight excluding hydrogens is 367 g/mol. The summed E-state index contributed by atoms with van der Waals surface area (Å²) < 4.78 is 47.8. The first kappa shape index (κ1) is 17.4. The van der Waals surface area contributed by atoms with Crippen LogP contribution in [0.3, 0.4) is 0 Å². The Balaban J connectivity index is 1.81. The van der Waals surface area contributed by atoms with Crippen molar-refractivity contribution in [2.24, 2.45) is 0 Å². The second-order valence-electron chi connectivity index (χ2n) is 5.39. The fraction of sp³-hybridized carbons (Fsp3) is 0.250. The van der Waals surface area contributed by atoms with Gasteiger partial charge in [-0.3, -0.25) is 0 Å². The predicted octanol–water partition coefficient (Wildman–Crippen LogP) is 4.17. The zero-order chi connectivity index (χ0) is 17.0. The monoisotopic (exact) mass is 384 g/mol. The van der Waals surface area contributed by atoms with E-state index in [1.165, 1.54) is 0 Å². The largest absolute Gasteiger partial charge is 0.493 e. The fourth-order valence-corrected chi connectivity index (χ4v) is 9.07. The first-order chi connectivity index (χ1) is 11.4. The minimum atomic E-state index is -3.62. The summed E-state index contributed by atoms with van der Waals surface area (Å²) in [5.74, 6) is 0.953. The average molecular weight is 384 g/mol. The van der Waals surface area contributed by atoms with Gasteiger partial charge in [-0.25, -0.2) is 13.0 Å². The van der Waals surface area contributed by atoms with Gasteiger partial charge in [0.25, 0.3) is 0 Å². The van der Waals surface area contributed by atoms with Crippen LogP contribution in [0.4, 0.5) is 0 Å². The lowest BCUT2D eigenvalue weighted by atomic mass is 10.3. The van der Waals surface area contributed by atoms with Crippen LogP contribution in [-0.4, -0.2) is 25.2 Å². The van der Waals surface area contributed by atoms with E-state index in [0.29, 0.717) is 17.9 Å². The van der Waals surface area contributed by atoms with Crippen molar-refractivity contribution in [1.29, 1.82) is 0 Å². The molecule has 8 heteroatoms. The van der Waals surface area contributed by atoms with Gasteiger partial charge in [0.1, 0.15) is 11.5 Å². The van der Waals surface area contributed by atoms with E-state index in [2.05, 4.69) is 0 Å². The lowest BCUT2D eigenvalue weighted by Gasteiger charge is -2.21. The van der Waals surface area contributed by atoms with Gasteiger partial charge in [-0.15, -0.1) is 0 Å². The maximum Gasteiger partial charge on any atom is 0.493 e. The van der Waals surface area contributed by atoms with Gasteiger partial charge in [-0.1, -0.05) is 36.4 Å². The third-order valence-electron chi connectivity index (χ3n) is 3.39. The topological polar surface area (TPSA) is 69.7 Å². The van der Waals surface area contributed by atoms with Crippen molar-refractivity contribution in [3.8, 4) is 11.5 Å². The Bertz CT molecular complexity index is 779. The minimum Gasteiger partial charge on any atom is -0.408 e. The van der Waals surface area contributed by atoms with Crippen LogP contribution in [0.5, 0.6) is 11.5 Å². The highest BCUT2D eigenvalue weighted by Crippen LogP contribution is 2.62. The highest BCUT2D eigenvalue weighted by molar-refractivity contribution is 8.55. The molecule has 0 bridgehead atoms. The average Bonchev–Trinajstić information content (AvgIpc) is 2.87. The molecule has 0 saturated carbocycles. The highest BCUT2D eigenvalue weighted by Gasteiger charge is 2.39. The molecule has 1 atom stereocenters. The molecule has 2 aromatic carbocycles. The van der Waals surface area contributed by atoms with Gasteiger partial charge in [-0.05, 0) is 42.1 Å². The standard InChI is InChI=1S/C16H17O5PS2/c17-22(20-14-7-3-1-4-8-14,21-15-9-5-2-6-10-15)23-16-11-12-24(18,19)13-16/h1-10,16H,11-13H2. The Morgan fingerprint density at radius 1 is 0.917 bits per heavy atom. The molecule has 0 N–H and O–H groups in total. The number of rotatable bonds is 6. The normalized spacial score (nSPS) is 19.8. The summed E-state index contributed by atoms with van der Waals surface area (Å²) in [6, 6.07) is 17.5. The van der Waals surface area contributed by atoms with Crippen molar-refractivity contribution < 1.29 is 22.0 Å². The van der Waals surface area contributed by atoms with E-state index in [-0.39, 0.29) is 16.8 Å².